The fraction of sp³-hybridized carbons (Fsp3) is 0.714. The van der Waals surface area contributed by atoms with Crippen LogP contribution < -0.4 is 0 Å². The van der Waals surface area contributed by atoms with E-state index in [1.54, 1.807) is 0 Å². The lowest BCUT2D eigenvalue weighted by molar-refractivity contribution is 0.224. The smallest absolute Gasteiger partial charge is 0.192 e. The SMILES string of the molecule is C=C(C)C1=C[C@@H](O[Si](C)(C)C(C)(C)C)CC1. The Balaban J connectivity index is 2.67. The van der Waals surface area contributed by atoms with Gasteiger partial charge in [0.15, 0.2) is 8.32 Å². The lowest BCUT2D eigenvalue weighted by Crippen LogP contribution is -2.43. The van der Waals surface area contributed by atoms with E-state index in [9.17, 15) is 0 Å². The maximum absolute atomic E-state index is 6.36. The summed E-state index contributed by atoms with van der Waals surface area (Å²) in [6.07, 6.45) is 4.87. The fourth-order valence-corrected chi connectivity index (χ4v) is 2.99. The van der Waals surface area contributed by atoms with Crippen molar-refractivity contribution in [1.29, 1.82) is 0 Å². The zero-order valence-electron chi connectivity index (χ0n) is 11.7. The largest absolute Gasteiger partial charge is 0.411 e. The van der Waals surface area contributed by atoms with E-state index >= 15 is 0 Å². The Labute approximate surface area is 102 Å². The predicted molar refractivity (Wildman–Crippen MR) is 74.2 cm³/mol. The number of hydrogen-bond acceptors (Lipinski definition) is 1. The molecule has 0 amide bonds. The molecule has 0 heterocycles. The van der Waals surface area contributed by atoms with Crippen molar-refractivity contribution in [3.05, 3.63) is 23.8 Å². The summed E-state index contributed by atoms with van der Waals surface area (Å²) in [7, 11) is -1.61. The molecule has 0 saturated heterocycles. The van der Waals surface area contributed by atoms with E-state index in [1.807, 2.05) is 0 Å². The molecule has 1 nitrogen and oxygen atoms in total. The first-order chi connectivity index (χ1) is 7.13. The molecule has 0 aromatic carbocycles. The second-order valence-corrected chi connectivity index (χ2v) is 11.2. The summed E-state index contributed by atoms with van der Waals surface area (Å²) in [5.41, 5.74) is 2.59. The van der Waals surface area contributed by atoms with Crippen molar-refractivity contribution in [1.82, 2.24) is 0 Å². The maximum Gasteiger partial charge on any atom is 0.192 e. The van der Waals surface area contributed by atoms with E-state index in [-0.39, 0.29) is 0 Å². The Hall–Kier alpha value is -0.343. The molecule has 0 aromatic rings. The van der Waals surface area contributed by atoms with Crippen LogP contribution in [0, 0.1) is 0 Å². The molecule has 0 bridgehead atoms. The lowest BCUT2D eigenvalue weighted by Gasteiger charge is -2.38. The fourth-order valence-electron chi connectivity index (χ4n) is 1.69. The summed E-state index contributed by atoms with van der Waals surface area (Å²) in [6.45, 7) is 17.6. The summed E-state index contributed by atoms with van der Waals surface area (Å²) in [5, 5.41) is 0.298. The van der Waals surface area contributed by atoms with Crippen LogP contribution in [0.5, 0.6) is 0 Å². The number of rotatable bonds is 3. The minimum Gasteiger partial charge on any atom is -0.411 e. The van der Waals surface area contributed by atoms with Crippen LogP contribution in [-0.2, 0) is 4.43 Å². The van der Waals surface area contributed by atoms with Crippen molar-refractivity contribution in [2.45, 2.75) is 64.8 Å². The third kappa shape index (κ3) is 3.08. The van der Waals surface area contributed by atoms with Gasteiger partial charge in [-0.1, -0.05) is 39.0 Å². The lowest BCUT2D eigenvalue weighted by atomic mass is 10.1. The topological polar surface area (TPSA) is 9.23 Å². The van der Waals surface area contributed by atoms with Gasteiger partial charge in [0, 0.05) is 0 Å². The van der Waals surface area contributed by atoms with Crippen LogP contribution >= 0.6 is 0 Å². The van der Waals surface area contributed by atoms with Crippen LogP contribution in [0.3, 0.4) is 0 Å². The van der Waals surface area contributed by atoms with Crippen molar-refractivity contribution in [2.75, 3.05) is 0 Å². The molecule has 0 spiro atoms. The summed E-state index contributed by atoms with van der Waals surface area (Å²) in [4.78, 5) is 0. The second kappa shape index (κ2) is 4.50. The molecule has 0 N–H and O–H groups in total. The van der Waals surface area contributed by atoms with Gasteiger partial charge in [0.2, 0.25) is 0 Å². The number of allylic oxidation sites excluding steroid dienone is 2. The third-order valence-electron chi connectivity index (χ3n) is 3.89. The molecule has 1 rings (SSSR count). The molecule has 0 radical (unpaired) electrons. The minimum atomic E-state index is -1.61. The van der Waals surface area contributed by atoms with Crippen LogP contribution in [0.25, 0.3) is 0 Å². The van der Waals surface area contributed by atoms with Gasteiger partial charge in [-0.2, -0.15) is 0 Å². The van der Waals surface area contributed by atoms with Crippen molar-refractivity contribution in [3.63, 3.8) is 0 Å². The highest BCUT2D eigenvalue weighted by Gasteiger charge is 2.39. The molecule has 0 fully saturated rings. The summed E-state index contributed by atoms with van der Waals surface area (Å²) in [5.74, 6) is 0. The molecule has 0 unspecified atom stereocenters. The van der Waals surface area contributed by atoms with Crippen LogP contribution in [0.1, 0.15) is 40.5 Å². The molecule has 92 valence electrons. The normalized spacial score (nSPS) is 22.1. The highest BCUT2D eigenvalue weighted by Crippen LogP contribution is 2.39. The summed E-state index contributed by atoms with van der Waals surface area (Å²) in [6, 6.07) is 0. The Bertz CT molecular complexity index is 307. The van der Waals surface area contributed by atoms with Gasteiger partial charge in [-0.05, 0) is 43.5 Å². The molecule has 0 aliphatic heterocycles. The van der Waals surface area contributed by atoms with Crippen molar-refractivity contribution in [2.24, 2.45) is 0 Å². The monoisotopic (exact) mass is 238 g/mol. The highest BCUT2D eigenvalue weighted by atomic mass is 28.4. The molecule has 16 heavy (non-hydrogen) atoms. The van der Waals surface area contributed by atoms with Gasteiger partial charge >= 0.3 is 0 Å². The molecule has 1 aliphatic rings. The zero-order chi connectivity index (χ0) is 12.6. The van der Waals surface area contributed by atoms with Crippen LogP contribution in [-0.4, -0.2) is 14.4 Å². The molecule has 0 aromatic heterocycles. The van der Waals surface area contributed by atoms with Gasteiger partial charge in [-0.15, -0.1) is 0 Å². The molecule has 1 aliphatic carbocycles. The Morgan fingerprint density at radius 1 is 1.44 bits per heavy atom. The van der Waals surface area contributed by atoms with E-state index in [2.05, 4.69) is 53.4 Å². The van der Waals surface area contributed by atoms with Crippen molar-refractivity contribution in [3.8, 4) is 0 Å². The van der Waals surface area contributed by atoms with E-state index in [1.165, 1.54) is 11.1 Å². The van der Waals surface area contributed by atoms with Gasteiger partial charge in [-0.25, -0.2) is 0 Å². The quantitative estimate of drug-likeness (QED) is 0.649. The average Bonchev–Trinajstić information content (AvgIpc) is 2.49. The Kier molecular flexibility index (Phi) is 3.86. The van der Waals surface area contributed by atoms with Crippen LogP contribution in [0.2, 0.25) is 18.1 Å². The second-order valence-electron chi connectivity index (χ2n) is 6.43. The highest BCUT2D eigenvalue weighted by molar-refractivity contribution is 6.74. The predicted octanol–water partition coefficient (Wildman–Crippen LogP) is 4.67. The van der Waals surface area contributed by atoms with Gasteiger partial charge < -0.3 is 4.43 Å². The molecule has 0 saturated carbocycles. The Morgan fingerprint density at radius 3 is 2.38 bits per heavy atom. The van der Waals surface area contributed by atoms with Gasteiger partial charge in [0.25, 0.3) is 0 Å². The van der Waals surface area contributed by atoms with Gasteiger partial charge in [0.1, 0.15) is 0 Å². The first-order valence-corrected chi connectivity index (χ1v) is 9.09. The minimum absolute atomic E-state index is 0.298. The molecular formula is C14H26OSi. The molecule has 1 atom stereocenters. The third-order valence-corrected chi connectivity index (χ3v) is 8.39. The zero-order valence-corrected chi connectivity index (χ0v) is 12.7. The first-order valence-electron chi connectivity index (χ1n) is 6.18. The van der Waals surface area contributed by atoms with E-state index in [4.69, 9.17) is 4.43 Å². The van der Waals surface area contributed by atoms with E-state index in [0.29, 0.717) is 11.1 Å². The summed E-state index contributed by atoms with van der Waals surface area (Å²) >= 11 is 0. The Morgan fingerprint density at radius 2 is 2.00 bits per heavy atom. The van der Waals surface area contributed by atoms with Crippen LogP contribution in [0.4, 0.5) is 0 Å². The van der Waals surface area contributed by atoms with Gasteiger partial charge in [0.05, 0.1) is 6.10 Å². The van der Waals surface area contributed by atoms with Crippen molar-refractivity contribution >= 4 is 8.32 Å². The number of hydrogen-bond donors (Lipinski definition) is 0. The average molecular weight is 238 g/mol. The first kappa shape index (κ1) is 13.7. The maximum atomic E-state index is 6.36. The standard InChI is InChI=1S/C14H26OSi/c1-11(2)12-8-9-13(10-12)15-16(6,7)14(3,4)5/h10,13H,1,8-9H2,2-7H3/t13-/m0/s1. The molecular weight excluding hydrogens is 212 g/mol. The van der Waals surface area contributed by atoms with Gasteiger partial charge in [-0.3, -0.25) is 0 Å². The molecule has 2 heteroatoms. The summed E-state index contributed by atoms with van der Waals surface area (Å²) < 4.78 is 6.36. The van der Waals surface area contributed by atoms with E-state index < -0.39 is 8.32 Å². The van der Waals surface area contributed by atoms with E-state index in [0.717, 1.165) is 12.8 Å². The van der Waals surface area contributed by atoms with Crippen molar-refractivity contribution < 1.29 is 4.43 Å². The van der Waals surface area contributed by atoms with Crippen LogP contribution in [0.15, 0.2) is 23.8 Å².